The van der Waals surface area contributed by atoms with Crippen LogP contribution in [0.2, 0.25) is 5.02 Å². The number of hydrogen-bond donors (Lipinski definition) is 1. The molecule has 31 heavy (non-hydrogen) atoms. The first-order chi connectivity index (χ1) is 14.5. The van der Waals surface area contributed by atoms with Crippen LogP contribution < -0.4 is 9.46 Å². The highest BCUT2D eigenvalue weighted by Gasteiger charge is 2.61. The Morgan fingerprint density at radius 1 is 1.23 bits per heavy atom. The number of rotatable bonds is 7. The van der Waals surface area contributed by atoms with Crippen LogP contribution in [0.3, 0.4) is 0 Å². The van der Waals surface area contributed by atoms with Gasteiger partial charge in [-0.25, -0.2) is 17.5 Å². The van der Waals surface area contributed by atoms with Crippen molar-refractivity contribution in [1.82, 2.24) is 4.72 Å². The van der Waals surface area contributed by atoms with Gasteiger partial charge in [0, 0.05) is 23.6 Å². The van der Waals surface area contributed by atoms with E-state index in [1.54, 1.807) is 18.2 Å². The second-order valence-electron chi connectivity index (χ2n) is 8.94. The first kappa shape index (κ1) is 22.5. The standard InChI is InChI=1S/C23H27ClFNO4S/c1-15(2)23-12-11-22(3,30-23)21(13-23)29-20-6-4-5-19(24)18(20)14-26-31(27,28)17-9-7-16(25)8-10-17/h4-10,15,21,26H,11-14H2,1-3H3/t21-,22-,23-/m0/s1. The van der Waals surface area contributed by atoms with Crippen LogP contribution in [0.15, 0.2) is 47.4 Å². The van der Waals surface area contributed by atoms with Crippen LogP contribution >= 0.6 is 11.6 Å². The summed E-state index contributed by atoms with van der Waals surface area (Å²) in [6.45, 7) is 6.37. The molecule has 2 fully saturated rings. The van der Waals surface area contributed by atoms with Gasteiger partial charge in [-0.15, -0.1) is 0 Å². The molecule has 0 radical (unpaired) electrons. The molecule has 0 aliphatic carbocycles. The van der Waals surface area contributed by atoms with Gasteiger partial charge in [0.2, 0.25) is 10.0 Å². The molecule has 8 heteroatoms. The van der Waals surface area contributed by atoms with Crippen LogP contribution in [0.25, 0.3) is 0 Å². The lowest BCUT2D eigenvalue weighted by atomic mass is 9.75. The van der Waals surface area contributed by atoms with Crippen molar-refractivity contribution in [3.05, 3.63) is 58.9 Å². The summed E-state index contributed by atoms with van der Waals surface area (Å²) >= 11 is 6.41. The van der Waals surface area contributed by atoms with E-state index in [4.69, 9.17) is 21.1 Å². The molecule has 1 N–H and O–H groups in total. The molecule has 5 nitrogen and oxygen atoms in total. The Morgan fingerprint density at radius 2 is 1.94 bits per heavy atom. The molecule has 3 atom stereocenters. The zero-order chi connectivity index (χ0) is 22.4. The fourth-order valence-electron chi connectivity index (χ4n) is 4.57. The highest BCUT2D eigenvalue weighted by molar-refractivity contribution is 7.89. The van der Waals surface area contributed by atoms with Gasteiger partial charge in [-0.1, -0.05) is 31.5 Å². The van der Waals surface area contributed by atoms with Gasteiger partial charge in [-0.05, 0) is 62.1 Å². The van der Waals surface area contributed by atoms with E-state index in [1.807, 2.05) is 0 Å². The van der Waals surface area contributed by atoms with Gasteiger partial charge < -0.3 is 9.47 Å². The fourth-order valence-corrected chi connectivity index (χ4v) is 5.80. The molecule has 2 aliphatic rings. The average molecular weight is 468 g/mol. The maximum Gasteiger partial charge on any atom is 0.240 e. The zero-order valence-corrected chi connectivity index (χ0v) is 19.4. The fraction of sp³-hybridized carbons (Fsp3) is 0.478. The molecule has 2 aromatic carbocycles. The van der Waals surface area contributed by atoms with Gasteiger partial charge >= 0.3 is 0 Å². The lowest BCUT2D eigenvalue weighted by Crippen LogP contribution is -2.40. The van der Waals surface area contributed by atoms with Crippen molar-refractivity contribution in [3.8, 4) is 5.75 Å². The first-order valence-corrected chi connectivity index (χ1v) is 12.3. The molecule has 168 valence electrons. The Balaban J connectivity index is 1.54. The van der Waals surface area contributed by atoms with Crippen LogP contribution in [-0.4, -0.2) is 25.7 Å². The maximum absolute atomic E-state index is 13.1. The SMILES string of the molecule is CC(C)[C@@]12CC[C@](C)(O1)[C@@H](Oc1cccc(Cl)c1CNS(=O)(=O)c1ccc(F)cc1)C2. The summed E-state index contributed by atoms with van der Waals surface area (Å²) in [6.07, 6.45) is 2.58. The first-order valence-electron chi connectivity index (χ1n) is 10.4. The highest BCUT2D eigenvalue weighted by atomic mass is 35.5. The summed E-state index contributed by atoms with van der Waals surface area (Å²) in [7, 11) is -3.83. The van der Waals surface area contributed by atoms with E-state index in [0.717, 1.165) is 31.4 Å². The largest absolute Gasteiger partial charge is 0.487 e. The third-order valence-corrected chi connectivity index (χ3v) is 8.42. The average Bonchev–Trinajstić information content (AvgIpc) is 3.20. The van der Waals surface area contributed by atoms with E-state index in [1.165, 1.54) is 12.1 Å². The lowest BCUT2D eigenvalue weighted by Gasteiger charge is -2.32. The van der Waals surface area contributed by atoms with Gasteiger partial charge in [0.05, 0.1) is 10.5 Å². The van der Waals surface area contributed by atoms with Crippen molar-refractivity contribution in [1.29, 1.82) is 0 Å². The van der Waals surface area contributed by atoms with Crippen molar-refractivity contribution in [2.45, 2.75) is 68.8 Å². The van der Waals surface area contributed by atoms with Crippen molar-refractivity contribution in [2.75, 3.05) is 0 Å². The molecule has 0 spiro atoms. The second-order valence-corrected chi connectivity index (χ2v) is 11.1. The normalized spacial score (nSPS) is 27.7. The van der Waals surface area contributed by atoms with Crippen molar-refractivity contribution < 1.29 is 22.3 Å². The molecule has 0 aromatic heterocycles. The number of fused-ring (bicyclic) bond motifs is 2. The minimum atomic E-state index is -3.83. The quantitative estimate of drug-likeness (QED) is 0.617. The molecule has 2 aliphatic heterocycles. The zero-order valence-electron chi connectivity index (χ0n) is 17.8. The van der Waals surface area contributed by atoms with Crippen LogP contribution in [0.5, 0.6) is 5.75 Å². The van der Waals surface area contributed by atoms with Crippen molar-refractivity contribution in [2.24, 2.45) is 5.92 Å². The summed E-state index contributed by atoms with van der Waals surface area (Å²) in [6, 6.07) is 9.94. The Kier molecular flexibility index (Phi) is 5.83. The molecule has 2 bridgehead atoms. The number of ether oxygens (including phenoxy) is 2. The molecule has 0 amide bonds. The Bertz CT molecular complexity index is 1080. The van der Waals surface area contributed by atoms with E-state index in [2.05, 4.69) is 25.5 Å². The second kappa shape index (κ2) is 8.03. The molecule has 0 saturated carbocycles. The Hall–Kier alpha value is -1.67. The van der Waals surface area contributed by atoms with Gasteiger partial charge in [0.15, 0.2) is 0 Å². The minimum absolute atomic E-state index is 0.0173. The van der Waals surface area contributed by atoms with Gasteiger partial charge in [0.25, 0.3) is 0 Å². The van der Waals surface area contributed by atoms with Crippen LogP contribution in [0.4, 0.5) is 4.39 Å². The molecule has 2 heterocycles. The third kappa shape index (κ3) is 4.21. The van der Waals surface area contributed by atoms with E-state index in [-0.39, 0.29) is 28.7 Å². The molecular weight excluding hydrogens is 441 g/mol. The molecule has 2 aromatic rings. The van der Waals surface area contributed by atoms with Crippen LogP contribution in [0, 0.1) is 11.7 Å². The van der Waals surface area contributed by atoms with E-state index >= 15 is 0 Å². The van der Waals surface area contributed by atoms with Gasteiger partial charge in [-0.2, -0.15) is 0 Å². The molecule has 4 rings (SSSR count). The number of nitrogens with one attached hydrogen (secondary N) is 1. The molecule has 0 unspecified atom stereocenters. The predicted molar refractivity (Wildman–Crippen MR) is 117 cm³/mol. The Morgan fingerprint density at radius 3 is 2.58 bits per heavy atom. The maximum atomic E-state index is 13.1. The predicted octanol–water partition coefficient (Wildman–Crippen LogP) is 5.07. The van der Waals surface area contributed by atoms with Gasteiger partial charge in [0.1, 0.15) is 23.3 Å². The molecular formula is C23H27ClFNO4S. The smallest absolute Gasteiger partial charge is 0.240 e. The summed E-state index contributed by atoms with van der Waals surface area (Å²) < 4.78 is 53.8. The number of hydrogen-bond acceptors (Lipinski definition) is 4. The Labute approximate surface area is 187 Å². The minimum Gasteiger partial charge on any atom is -0.487 e. The van der Waals surface area contributed by atoms with E-state index in [0.29, 0.717) is 22.3 Å². The third-order valence-electron chi connectivity index (χ3n) is 6.65. The van der Waals surface area contributed by atoms with Crippen LogP contribution in [0.1, 0.15) is 45.6 Å². The summed E-state index contributed by atoms with van der Waals surface area (Å²) in [5, 5.41) is 0.409. The number of sulfonamides is 1. The number of halogens is 2. The van der Waals surface area contributed by atoms with Crippen molar-refractivity contribution >= 4 is 21.6 Å². The van der Waals surface area contributed by atoms with Crippen LogP contribution in [-0.2, 0) is 21.3 Å². The molecule has 2 saturated heterocycles. The number of benzene rings is 2. The van der Waals surface area contributed by atoms with Crippen molar-refractivity contribution in [3.63, 3.8) is 0 Å². The highest BCUT2D eigenvalue weighted by Crippen LogP contribution is 2.55. The summed E-state index contributed by atoms with van der Waals surface area (Å²) in [5.41, 5.74) is -0.000360. The lowest BCUT2D eigenvalue weighted by molar-refractivity contribution is -0.0770. The van der Waals surface area contributed by atoms with Gasteiger partial charge in [-0.3, -0.25) is 0 Å². The topological polar surface area (TPSA) is 64.6 Å². The van der Waals surface area contributed by atoms with E-state index < -0.39 is 15.8 Å². The summed E-state index contributed by atoms with van der Waals surface area (Å²) in [5.74, 6) is 0.418. The van der Waals surface area contributed by atoms with E-state index in [9.17, 15) is 12.8 Å². The monoisotopic (exact) mass is 467 g/mol. The summed E-state index contributed by atoms with van der Waals surface area (Å²) in [4.78, 5) is -0.0173.